The monoisotopic (exact) mass is 404 g/mol. The van der Waals surface area contributed by atoms with Crippen molar-refractivity contribution >= 4 is 35.2 Å². The minimum Gasteiger partial charge on any atom is -0.423 e. The fraction of sp³-hybridized carbons (Fsp3) is 0.292. The topological polar surface area (TPSA) is 61.2 Å². The molecule has 154 valence electrons. The van der Waals surface area contributed by atoms with E-state index in [-0.39, 0.29) is 22.3 Å². The van der Waals surface area contributed by atoms with E-state index in [1.165, 1.54) is 7.11 Å². The molecule has 30 heavy (non-hydrogen) atoms. The number of methoxy groups -OCH3 is 1. The zero-order valence-electron chi connectivity index (χ0n) is 17.3. The number of ketones is 1. The second-order valence-corrected chi connectivity index (χ2v) is 7.97. The fourth-order valence-corrected chi connectivity index (χ4v) is 4.08. The number of carbonyl (C=O) groups excluding carboxylic acids is 2. The molecule has 1 saturated heterocycles. The van der Waals surface area contributed by atoms with Gasteiger partial charge in [0, 0.05) is 25.0 Å². The smallest absolute Gasteiger partial charge is 0.423 e. The molecule has 0 spiro atoms. The maximum absolute atomic E-state index is 13.4. The standard InChI is InChI=1S/C24H26N3O3/c1-27(24(29)30-2)16-13-19(14-17-27)22(28)23-25-20-10-6-7-11-21(20)26(23)15-12-18-8-4-3-5-9-18/h3-12,15,19H,13-14,16-17H2,1-2H3/q+1. The fourth-order valence-electron chi connectivity index (χ4n) is 4.08. The molecule has 1 fully saturated rings. The van der Waals surface area contributed by atoms with Crippen molar-refractivity contribution in [3.8, 4) is 0 Å². The number of piperidine rings is 1. The lowest BCUT2D eigenvalue weighted by atomic mass is 9.91. The van der Waals surface area contributed by atoms with Gasteiger partial charge in [0.1, 0.15) is 0 Å². The first-order chi connectivity index (χ1) is 14.5. The first-order valence-electron chi connectivity index (χ1n) is 10.2. The van der Waals surface area contributed by atoms with Gasteiger partial charge in [0.05, 0.1) is 38.3 Å². The number of quaternary nitrogens is 1. The zero-order valence-corrected chi connectivity index (χ0v) is 17.3. The summed E-state index contributed by atoms with van der Waals surface area (Å²) in [6.45, 7) is 1.17. The average Bonchev–Trinajstić information content (AvgIpc) is 3.16. The van der Waals surface area contributed by atoms with E-state index in [2.05, 4.69) is 4.98 Å². The molecular formula is C24H26N3O3+. The van der Waals surface area contributed by atoms with E-state index < -0.39 is 0 Å². The largest absolute Gasteiger partial charge is 0.515 e. The third-order valence-corrected chi connectivity index (χ3v) is 5.96. The summed E-state index contributed by atoms with van der Waals surface area (Å²) in [7, 11) is 3.27. The van der Waals surface area contributed by atoms with Gasteiger partial charge in [-0.25, -0.2) is 9.47 Å². The van der Waals surface area contributed by atoms with Crippen molar-refractivity contribution in [3.05, 3.63) is 66.0 Å². The van der Waals surface area contributed by atoms with Crippen LogP contribution in [0.3, 0.4) is 0 Å². The van der Waals surface area contributed by atoms with Crippen molar-refractivity contribution in [2.24, 2.45) is 5.92 Å². The Morgan fingerprint density at radius 2 is 1.73 bits per heavy atom. The quantitative estimate of drug-likeness (QED) is 0.475. The minimum absolute atomic E-state index is 0.0278. The van der Waals surface area contributed by atoms with Crippen LogP contribution in [0.2, 0.25) is 0 Å². The Kier molecular flexibility index (Phi) is 5.50. The van der Waals surface area contributed by atoms with Crippen LogP contribution in [0.4, 0.5) is 4.79 Å². The predicted octanol–water partition coefficient (Wildman–Crippen LogP) is 4.47. The molecule has 1 aliphatic heterocycles. The molecule has 0 atom stereocenters. The van der Waals surface area contributed by atoms with Gasteiger partial charge in [-0.2, -0.15) is 4.79 Å². The van der Waals surface area contributed by atoms with Crippen LogP contribution in [0.15, 0.2) is 54.6 Å². The molecule has 1 amide bonds. The number of Topliss-reactive ketones (excluding diaryl/α,β-unsaturated/α-hetero) is 1. The molecular weight excluding hydrogens is 378 g/mol. The van der Waals surface area contributed by atoms with Gasteiger partial charge in [0.2, 0.25) is 5.78 Å². The van der Waals surface area contributed by atoms with Gasteiger partial charge >= 0.3 is 6.09 Å². The Morgan fingerprint density at radius 1 is 1.07 bits per heavy atom. The number of carbonyl (C=O) groups is 2. The number of ether oxygens (including phenoxy) is 1. The van der Waals surface area contributed by atoms with E-state index in [1.54, 1.807) is 0 Å². The first kappa shape index (κ1) is 20.0. The highest BCUT2D eigenvalue weighted by Crippen LogP contribution is 2.28. The van der Waals surface area contributed by atoms with Crippen LogP contribution in [0.1, 0.15) is 29.0 Å². The minimum atomic E-state index is -0.251. The molecule has 1 aliphatic rings. The van der Waals surface area contributed by atoms with Crippen LogP contribution in [-0.4, -0.2) is 53.2 Å². The van der Waals surface area contributed by atoms with Gasteiger partial charge in [-0.1, -0.05) is 42.5 Å². The number of benzene rings is 2. The van der Waals surface area contributed by atoms with Crippen LogP contribution in [0.5, 0.6) is 0 Å². The molecule has 4 rings (SSSR count). The Bertz CT molecular complexity index is 1090. The summed E-state index contributed by atoms with van der Waals surface area (Å²) in [6, 6.07) is 17.7. The third kappa shape index (κ3) is 3.78. The third-order valence-electron chi connectivity index (χ3n) is 5.96. The van der Waals surface area contributed by atoms with Gasteiger partial charge in [0.15, 0.2) is 5.82 Å². The van der Waals surface area contributed by atoms with Crippen LogP contribution in [0.25, 0.3) is 23.3 Å². The predicted molar refractivity (Wildman–Crippen MR) is 117 cm³/mol. The molecule has 2 heterocycles. The number of imidazole rings is 1. The molecule has 0 radical (unpaired) electrons. The van der Waals surface area contributed by atoms with E-state index in [0.29, 0.717) is 31.8 Å². The lowest BCUT2D eigenvalue weighted by molar-refractivity contribution is -0.843. The number of para-hydroxylation sites is 2. The molecule has 0 unspecified atom stereocenters. The SMILES string of the molecule is COC(=O)[N+]1(C)CCC(C(=O)c2nc3ccccc3n2C=Cc2ccccc2)CC1. The highest BCUT2D eigenvalue weighted by molar-refractivity contribution is 5.99. The first-order valence-corrected chi connectivity index (χ1v) is 10.2. The number of amides is 1. The van der Waals surface area contributed by atoms with E-state index >= 15 is 0 Å². The van der Waals surface area contributed by atoms with Crippen LogP contribution in [0, 0.1) is 5.92 Å². The normalized spacial score (nSPS) is 21.7. The lowest BCUT2D eigenvalue weighted by Gasteiger charge is -2.35. The second kappa shape index (κ2) is 8.24. The molecule has 6 heteroatoms. The maximum Gasteiger partial charge on any atom is 0.515 e. The summed E-state index contributed by atoms with van der Waals surface area (Å²) < 4.78 is 7.02. The molecule has 0 saturated carbocycles. The number of hydrogen-bond donors (Lipinski definition) is 0. The van der Waals surface area contributed by atoms with Gasteiger partial charge in [0.25, 0.3) is 0 Å². The van der Waals surface area contributed by atoms with Crippen molar-refractivity contribution in [1.29, 1.82) is 0 Å². The van der Waals surface area contributed by atoms with Gasteiger partial charge in [-0.05, 0) is 23.8 Å². The number of fused-ring (bicyclic) bond motifs is 1. The van der Waals surface area contributed by atoms with Crippen molar-refractivity contribution < 1.29 is 18.8 Å². The molecule has 0 bridgehead atoms. The highest BCUT2D eigenvalue weighted by atomic mass is 16.5. The average molecular weight is 404 g/mol. The molecule has 0 aliphatic carbocycles. The van der Waals surface area contributed by atoms with Crippen molar-refractivity contribution in [3.63, 3.8) is 0 Å². The van der Waals surface area contributed by atoms with Crippen molar-refractivity contribution in [2.75, 3.05) is 27.2 Å². The Morgan fingerprint density at radius 3 is 2.43 bits per heavy atom. The van der Waals surface area contributed by atoms with Gasteiger partial charge < -0.3 is 4.74 Å². The molecule has 3 aromatic rings. The van der Waals surface area contributed by atoms with Crippen molar-refractivity contribution in [1.82, 2.24) is 9.55 Å². The summed E-state index contributed by atoms with van der Waals surface area (Å²) in [5.74, 6) is 0.323. The van der Waals surface area contributed by atoms with E-state index in [9.17, 15) is 9.59 Å². The lowest BCUT2D eigenvalue weighted by Crippen LogP contribution is -2.54. The number of rotatable bonds is 4. The number of likely N-dealkylation sites (tertiary alicyclic amines) is 1. The molecule has 6 nitrogen and oxygen atoms in total. The number of aromatic nitrogens is 2. The Labute approximate surface area is 176 Å². The second-order valence-electron chi connectivity index (χ2n) is 7.97. The summed E-state index contributed by atoms with van der Waals surface area (Å²) in [4.78, 5) is 30.1. The van der Waals surface area contributed by atoms with Crippen molar-refractivity contribution in [2.45, 2.75) is 12.8 Å². The zero-order chi connectivity index (χ0) is 21.1. The number of hydrogen-bond acceptors (Lipinski definition) is 4. The Hall–Kier alpha value is -3.25. The summed E-state index contributed by atoms with van der Waals surface area (Å²) in [5, 5.41) is 0. The summed E-state index contributed by atoms with van der Waals surface area (Å²) in [6.07, 6.45) is 4.91. The molecule has 0 N–H and O–H groups in total. The van der Waals surface area contributed by atoms with E-state index in [0.717, 1.165) is 16.6 Å². The highest BCUT2D eigenvalue weighted by Gasteiger charge is 2.41. The molecule has 2 aromatic carbocycles. The maximum atomic E-state index is 13.4. The summed E-state index contributed by atoms with van der Waals surface area (Å²) >= 11 is 0. The Balaban J connectivity index is 1.63. The van der Waals surface area contributed by atoms with E-state index in [1.807, 2.05) is 78.5 Å². The van der Waals surface area contributed by atoms with Gasteiger partial charge in [-0.15, -0.1) is 0 Å². The summed E-state index contributed by atoms with van der Waals surface area (Å²) in [5.41, 5.74) is 2.75. The number of nitrogens with zero attached hydrogens (tertiary/aromatic N) is 3. The van der Waals surface area contributed by atoms with Crippen LogP contribution < -0.4 is 0 Å². The van der Waals surface area contributed by atoms with E-state index in [4.69, 9.17) is 4.74 Å². The molecule has 1 aromatic heterocycles. The van der Waals surface area contributed by atoms with Gasteiger partial charge in [-0.3, -0.25) is 9.36 Å². The van der Waals surface area contributed by atoms with Crippen LogP contribution >= 0.6 is 0 Å². The van der Waals surface area contributed by atoms with Crippen LogP contribution in [-0.2, 0) is 4.74 Å².